The SMILES string of the molecule is CCNC(=NCc1ccccc1-n1ccnc1)N1CCC(COCCOC)C1.I. The molecule has 160 valence electrons. The largest absolute Gasteiger partial charge is 0.382 e. The van der Waals surface area contributed by atoms with Gasteiger partial charge in [-0.05, 0) is 25.0 Å². The number of guanidine groups is 1. The third kappa shape index (κ3) is 6.97. The van der Waals surface area contributed by atoms with Crippen LogP contribution in [0.2, 0.25) is 0 Å². The number of hydrogen-bond donors (Lipinski definition) is 1. The van der Waals surface area contributed by atoms with E-state index in [0.717, 1.165) is 44.3 Å². The fourth-order valence-corrected chi connectivity index (χ4v) is 3.44. The monoisotopic (exact) mass is 513 g/mol. The zero-order valence-electron chi connectivity index (χ0n) is 17.3. The first kappa shape index (κ1) is 23.6. The van der Waals surface area contributed by atoms with Gasteiger partial charge in [-0.1, -0.05) is 18.2 Å². The van der Waals surface area contributed by atoms with Crippen molar-refractivity contribution in [2.45, 2.75) is 19.9 Å². The van der Waals surface area contributed by atoms with E-state index in [2.05, 4.69) is 40.3 Å². The highest BCUT2D eigenvalue weighted by atomic mass is 127. The van der Waals surface area contributed by atoms with Crippen molar-refractivity contribution in [2.75, 3.05) is 46.6 Å². The molecule has 1 fully saturated rings. The molecule has 1 aromatic heterocycles. The molecule has 0 aliphatic carbocycles. The van der Waals surface area contributed by atoms with E-state index >= 15 is 0 Å². The van der Waals surface area contributed by atoms with E-state index < -0.39 is 0 Å². The second-order valence-corrected chi connectivity index (χ2v) is 6.94. The van der Waals surface area contributed by atoms with Crippen molar-refractivity contribution in [2.24, 2.45) is 10.9 Å². The third-order valence-corrected chi connectivity index (χ3v) is 4.88. The van der Waals surface area contributed by atoms with Crippen LogP contribution in [0.1, 0.15) is 18.9 Å². The molecule has 0 bridgehead atoms. The first-order valence-electron chi connectivity index (χ1n) is 9.98. The number of aromatic nitrogens is 2. The summed E-state index contributed by atoms with van der Waals surface area (Å²) in [5.74, 6) is 1.52. The smallest absolute Gasteiger partial charge is 0.194 e. The van der Waals surface area contributed by atoms with Gasteiger partial charge in [-0.3, -0.25) is 0 Å². The minimum absolute atomic E-state index is 0. The average molecular weight is 513 g/mol. The lowest BCUT2D eigenvalue weighted by Crippen LogP contribution is -2.40. The summed E-state index contributed by atoms with van der Waals surface area (Å²) in [5.41, 5.74) is 2.29. The number of imidazole rings is 1. The van der Waals surface area contributed by atoms with Gasteiger partial charge in [0.05, 0.1) is 38.4 Å². The van der Waals surface area contributed by atoms with E-state index in [-0.39, 0.29) is 24.0 Å². The van der Waals surface area contributed by atoms with E-state index in [1.165, 1.54) is 5.56 Å². The average Bonchev–Trinajstić information content (AvgIpc) is 3.41. The van der Waals surface area contributed by atoms with Crippen LogP contribution >= 0.6 is 24.0 Å². The van der Waals surface area contributed by atoms with Crippen LogP contribution in [0.25, 0.3) is 5.69 Å². The Labute approximate surface area is 190 Å². The van der Waals surface area contributed by atoms with Crippen LogP contribution < -0.4 is 5.32 Å². The lowest BCUT2D eigenvalue weighted by atomic mass is 10.1. The second-order valence-electron chi connectivity index (χ2n) is 6.94. The first-order chi connectivity index (χ1) is 13.8. The number of hydrogen-bond acceptors (Lipinski definition) is 4. The van der Waals surface area contributed by atoms with E-state index in [9.17, 15) is 0 Å². The van der Waals surface area contributed by atoms with Crippen molar-refractivity contribution >= 4 is 29.9 Å². The fraction of sp³-hybridized carbons (Fsp3) is 0.524. The Morgan fingerprint density at radius 2 is 2.17 bits per heavy atom. The van der Waals surface area contributed by atoms with Crippen molar-refractivity contribution < 1.29 is 9.47 Å². The minimum Gasteiger partial charge on any atom is -0.382 e. The highest BCUT2D eigenvalue weighted by molar-refractivity contribution is 14.0. The Kier molecular flexibility index (Phi) is 10.4. The van der Waals surface area contributed by atoms with Gasteiger partial charge in [0.15, 0.2) is 5.96 Å². The van der Waals surface area contributed by atoms with Crippen LogP contribution in [0.4, 0.5) is 0 Å². The van der Waals surface area contributed by atoms with Crippen LogP contribution in [0.15, 0.2) is 48.0 Å². The standard InChI is InChI=1S/C21H31N5O2.HI/c1-3-23-21(25-10-8-18(15-25)16-28-13-12-27-2)24-14-19-6-4-5-7-20(19)26-11-9-22-17-26;/h4-7,9,11,17-18H,3,8,10,12-16H2,1-2H3,(H,23,24);1H. The molecule has 7 nitrogen and oxygen atoms in total. The van der Waals surface area contributed by atoms with Crippen molar-refractivity contribution in [3.63, 3.8) is 0 Å². The number of ether oxygens (including phenoxy) is 2. The van der Waals surface area contributed by atoms with E-state index in [1.54, 1.807) is 13.3 Å². The van der Waals surface area contributed by atoms with Gasteiger partial charge in [0, 0.05) is 45.1 Å². The number of aliphatic imine (C=N–C) groups is 1. The minimum atomic E-state index is 0. The van der Waals surface area contributed by atoms with Crippen LogP contribution in [-0.4, -0.2) is 67.0 Å². The Morgan fingerprint density at radius 3 is 2.93 bits per heavy atom. The quantitative estimate of drug-likeness (QED) is 0.242. The van der Waals surface area contributed by atoms with Gasteiger partial charge >= 0.3 is 0 Å². The normalized spacial score (nSPS) is 16.7. The number of benzene rings is 1. The molecule has 2 heterocycles. The maximum absolute atomic E-state index is 5.71. The molecule has 0 radical (unpaired) electrons. The molecule has 1 saturated heterocycles. The zero-order chi connectivity index (χ0) is 19.6. The summed E-state index contributed by atoms with van der Waals surface area (Å²) >= 11 is 0. The summed E-state index contributed by atoms with van der Waals surface area (Å²) in [6.45, 7) is 7.66. The Balaban J connectivity index is 0.00000300. The molecule has 1 atom stereocenters. The number of para-hydroxylation sites is 1. The Morgan fingerprint density at radius 1 is 1.31 bits per heavy atom. The highest BCUT2D eigenvalue weighted by Crippen LogP contribution is 2.18. The molecular weight excluding hydrogens is 481 g/mol. The topological polar surface area (TPSA) is 63.9 Å². The number of halogens is 1. The number of methoxy groups -OCH3 is 1. The molecule has 1 aromatic carbocycles. The van der Waals surface area contributed by atoms with Gasteiger partial charge in [0.2, 0.25) is 0 Å². The third-order valence-electron chi connectivity index (χ3n) is 4.88. The lowest BCUT2D eigenvalue weighted by Gasteiger charge is -2.22. The van der Waals surface area contributed by atoms with E-state index in [0.29, 0.717) is 25.7 Å². The van der Waals surface area contributed by atoms with Gasteiger partial charge in [-0.25, -0.2) is 9.98 Å². The molecule has 29 heavy (non-hydrogen) atoms. The molecule has 1 N–H and O–H groups in total. The van der Waals surface area contributed by atoms with Gasteiger partial charge in [0.25, 0.3) is 0 Å². The number of likely N-dealkylation sites (tertiary alicyclic amines) is 1. The number of rotatable bonds is 9. The first-order valence-corrected chi connectivity index (χ1v) is 9.98. The molecule has 2 aromatic rings. The maximum atomic E-state index is 5.71. The molecule has 1 aliphatic rings. The summed E-state index contributed by atoms with van der Waals surface area (Å²) in [6.07, 6.45) is 6.71. The summed E-state index contributed by atoms with van der Waals surface area (Å²) < 4.78 is 12.8. The Bertz CT molecular complexity index is 738. The van der Waals surface area contributed by atoms with E-state index in [4.69, 9.17) is 14.5 Å². The van der Waals surface area contributed by atoms with Crippen LogP contribution in [0.3, 0.4) is 0 Å². The fourth-order valence-electron chi connectivity index (χ4n) is 3.44. The summed E-state index contributed by atoms with van der Waals surface area (Å²) in [6, 6.07) is 8.32. The summed E-state index contributed by atoms with van der Waals surface area (Å²) in [4.78, 5) is 11.4. The second kappa shape index (κ2) is 12.8. The van der Waals surface area contributed by atoms with Crippen LogP contribution in [-0.2, 0) is 16.0 Å². The van der Waals surface area contributed by atoms with Crippen molar-refractivity contribution in [3.05, 3.63) is 48.5 Å². The van der Waals surface area contributed by atoms with Crippen molar-refractivity contribution in [1.82, 2.24) is 19.8 Å². The zero-order valence-corrected chi connectivity index (χ0v) is 19.6. The van der Waals surface area contributed by atoms with Crippen LogP contribution in [0.5, 0.6) is 0 Å². The molecule has 3 rings (SSSR count). The Hall–Kier alpha value is -1.65. The predicted molar refractivity (Wildman–Crippen MR) is 126 cm³/mol. The molecule has 0 amide bonds. The van der Waals surface area contributed by atoms with Gasteiger partial charge in [-0.2, -0.15) is 0 Å². The van der Waals surface area contributed by atoms with Crippen molar-refractivity contribution in [1.29, 1.82) is 0 Å². The molecule has 1 aliphatic heterocycles. The molecular formula is C21H32IN5O2. The molecule has 0 spiro atoms. The van der Waals surface area contributed by atoms with E-state index in [1.807, 2.05) is 23.2 Å². The molecule has 8 heteroatoms. The number of nitrogens with one attached hydrogen (secondary N) is 1. The van der Waals surface area contributed by atoms with Crippen LogP contribution in [0, 0.1) is 5.92 Å². The molecule has 0 saturated carbocycles. The summed E-state index contributed by atoms with van der Waals surface area (Å²) in [5, 5.41) is 3.44. The van der Waals surface area contributed by atoms with Gasteiger partial charge in [-0.15, -0.1) is 24.0 Å². The lowest BCUT2D eigenvalue weighted by molar-refractivity contribution is 0.0536. The highest BCUT2D eigenvalue weighted by Gasteiger charge is 2.25. The van der Waals surface area contributed by atoms with Gasteiger partial charge in [0.1, 0.15) is 0 Å². The predicted octanol–water partition coefficient (Wildman–Crippen LogP) is 2.94. The van der Waals surface area contributed by atoms with Crippen molar-refractivity contribution in [3.8, 4) is 5.69 Å². The van der Waals surface area contributed by atoms with Gasteiger partial charge < -0.3 is 24.3 Å². The molecule has 1 unspecified atom stereocenters. The summed E-state index contributed by atoms with van der Waals surface area (Å²) in [7, 11) is 1.70. The maximum Gasteiger partial charge on any atom is 0.194 e. The number of nitrogens with zero attached hydrogens (tertiary/aromatic N) is 4.